The van der Waals surface area contributed by atoms with Crippen molar-refractivity contribution in [3.8, 4) is 23.9 Å². The highest BCUT2D eigenvalue weighted by Gasteiger charge is 2.49. The third-order valence-electron chi connectivity index (χ3n) is 14.9. The molecule has 0 bridgehead atoms. The Kier molecular flexibility index (Phi) is 13.2. The lowest BCUT2D eigenvalue weighted by Crippen LogP contribution is -2.51. The zero-order valence-electron chi connectivity index (χ0n) is 41.2. The molecule has 2 saturated heterocycles. The van der Waals surface area contributed by atoms with Crippen molar-refractivity contribution in [3.63, 3.8) is 0 Å². The number of ether oxygens (including phenoxy) is 2. The van der Waals surface area contributed by atoms with E-state index in [0.29, 0.717) is 98.2 Å². The zero-order valence-corrected chi connectivity index (χ0v) is 41.2. The highest BCUT2D eigenvalue weighted by Crippen LogP contribution is 2.53. The molecule has 14 nitrogen and oxygen atoms in total. The third-order valence-corrected chi connectivity index (χ3v) is 14.9. The number of nitrogens with zero attached hydrogens (tertiary/aromatic N) is 10. The topological polar surface area (TPSA) is 174 Å². The number of pyridine rings is 2. The molecule has 0 amide bonds. The Morgan fingerprint density at radius 2 is 1.23 bits per heavy atom. The predicted octanol–water partition coefficient (Wildman–Crippen LogP) is 10.2. The summed E-state index contributed by atoms with van der Waals surface area (Å²) in [5, 5.41) is 27.8. The fourth-order valence-electron chi connectivity index (χ4n) is 9.85. The van der Waals surface area contributed by atoms with Crippen LogP contribution in [0.5, 0.6) is 11.8 Å². The SMILES string of the molecule is COc1nc2nc(CCN3CCC3COc3nc4nc(CCN5CCC5)nc(N[C@H](C)c5cccc(C(F)(F)F)c5F)c4cc3C3(C#N)CC3)nc(N[C@H](C)c3cccc(C(C)(F)F)c3F)c2cc1C1(C#N)CC1. The Morgan fingerprint density at radius 1 is 0.716 bits per heavy atom. The molecule has 10 rings (SSSR count). The summed E-state index contributed by atoms with van der Waals surface area (Å²) in [4.78, 5) is 33.4. The van der Waals surface area contributed by atoms with E-state index in [-0.39, 0.29) is 58.5 Å². The van der Waals surface area contributed by atoms with E-state index in [0.717, 1.165) is 38.5 Å². The number of halogens is 7. The molecule has 4 fully saturated rings. The van der Waals surface area contributed by atoms with E-state index in [9.17, 15) is 32.5 Å². The number of fused-ring (bicyclic) bond motifs is 2. The first-order chi connectivity index (χ1) is 35.3. The monoisotopic (exact) mass is 1020 g/mol. The van der Waals surface area contributed by atoms with E-state index in [2.05, 4.69) is 32.6 Å². The molecule has 2 N–H and O–H groups in total. The van der Waals surface area contributed by atoms with E-state index in [1.54, 1.807) is 26.0 Å². The lowest BCUT2D eigenvalue weighted by Gasteiger charge is -2.40. The first-order valence-corrected chi connectivity index (χ1v) is 24.8. The maximum atomic E-state index is 15.7. The van der Waals surface area contributed by atoms with Gasteiger partial charge in [0.05, 0.1) is 64.1 Å². The molecule has 2 aliphatic carbocycles. The van der Waals surface area contributed by atoms with Crippen molar-refractivity contribution in [3.05, 3.63) is 105 Å². The number of anilines is 2. The van der Waals surface area contributed by atoms with E-state index in [1.165, 1.54) is 31.4 Å². The summed E-state index contributed by atoms with van der Waals surface area (Å²) in [6, 6.07) is 13.5. The number of likely N-dealkylation sites (tertiary alicyclic amines) is 2. The van der Waals surface area contributed by atoms with Gasteiger partial charge in [0, 0.05) is 67.7 Å². The Bertz CT molecular complexity index is 3230. The second-order valence-corrected chi connectivity index (χ2v) is 20.0. The highest BCUT2D eigenvalue weighted by atomic mass is 19.4. The lowest BCUT2D eigenvalue weighted by atomic mass is 9.97. The van der Waals surface area contributed by atoms with E-state index in [1.807, 2.05) is 0 Å². The van der Waals surface area contributed by atoms with Crippen LogP contribution >= 0.6 is 0 Å². The van der Waals surface area contributed by atoms with Crippen molar-refractivity contribution in [1.29, 1.82) is 10.5 Å². The predicted molar refractivity (Wildman–Crippen MR) is 260 cm³/mol. The Labute approximate surface area is 422 Å². The molecule has 0 radical (unpaired) electrons. The second-order valence-electron chi connectivity index (χ2n) is 20.0. The summed E-state index contributed by atoms with van der Waals surface area (Å²) in [5.41, 5.74) is -2.37. The van der Waals surface area contributed by atoms with E-state index >= 15 is 8.78 Å². The average molecular weight is 1020 g/mol. The largest absolute Gasteiger partial charge is 0.481 e. The number of rotatable bonds is 19. The number of nitriles is 2. The van der Waals surface area contributed by atoms with Crippen molar-refractivity contribution in [2.24, 2.45) is 0 Å². The smallest absolute Gasteiger partial charge is 0.419 e. The van der Waals surface area contributed by atoms with Crippen LogP contribution in [0.25, 0.3) is 22.1 Å². The van der Waals surface area contributed by atoms with Crippen LogP contribution in [0.15, 0.2) is 48.5 Å². The molecule has 1 unspecified atom stereocenters. The standard InChI is InChI=1S/C53H53F7N12O2/c1-29(32-8-5-10-36(42(32)54)50(3,56)57)63-44-34-24-38(51(27-61)15-16-51)48(73-4)69-46(34)68-41(66-44)14-23-72-22-12-31(72)26-74-49-39(52(28-62)17-18-52)25-35-45(65-40(67-47(35)70-49)13-21-71-19-7-20-71)64-30(2)33-9-6-11-37(43(33)55)53(58,59)60/h5-6,8-11,24-25,29-31H,7,12-23,26H2,1-4H3,(H,63,66,68,69)(H,64,65,67,70)/t29-,30-,31?/m1/s1. The van der Waals surface area contributed by atoms with Crippen LogP contribution in [0.2, 0.25) is 0 Å². The van der Waals surface area contributed by atoms with E-state index in [4.69, 9.17) is 39.4 Å². The van der Waals surface area contributed by atoms with Crippen molar-refractivity contribution in [1.82, 2.24) is 39.7 Å². The number of hydrogen-bond acceptors (Lipinski definition) is 14. The maximum Gasteiger partial charge on any atom is 0.419 e. The van der Waals surface area contributed by atoms with Crippen LogP contribution in [0.3, 0.4) is 0 Å². The first kappa shape index (κ1) is 50.6. The summed E-state index contributed by atoms with van der Waals surface area (Å²) in [6.07, 6.45) is 0.0622. The van der Waals surface area contributed by atoms with Crippen LogP contribution < -0.4 is 20.1 Å². The number of methoxy groups -OCH3 is 1. The molecule has 2 saturated carbocycles. The van der Waals surface area contributed by atoms with Gasteiger partial charge in [0.1, 0.15) is 41.5 Å². The van der Waals surface area contributed by atoms with Gasteiger partial charge in [-0.3, -0.25) is 4.90 Å². The molecular formula is C53H53F7N12O2. The molecule has 386 valence electrons. The Morgan fingerprint density at radius 3 is 1.69 bits per heavy atom. The average Bonchev–Trinajstić information content (AvgIpc) is 4.29. The van der Waals surface area contributed by atoms with Crippen LogP contribution in [0.4, 0.5) is 42.4 Å². The van der Waals surface area contributed by atoms with Gasteiger partial charge in [0.2, 0.25) is 11.8 Å². The van der Waals surface area contributed by atoms with Crippen LogP contribution in [0.1, 0.15) is 116 Å². The van der Waals surface area contributed by atoms with Crippen LogP contribution in [-0.2, 0) is 35.8 Å². The first-order valence-electron chi connectivity index (χ1n) is 24.8. The number of nitrogens with one attached hydrogen (secondary N) is 2. The summed E-state index contributed by atoms with van der Waals surface area (Å²) >= 11 is 0. The second kappa shape index (κ2) is 19.4. The third kappa shape index (κ3) is 9.79. The molecule has 6 heterocycles. The summed E-state index contributed by atoms with van der Waals surface area (Å²) in [6.45, 7) is 7.79. The van der Waals surface area contributed by atoms with Crippen LogP contribution in [-0.4, -0.2) is 92.2 Å². The Balaban J connectivity index is 0.914. The fourth-order valence-corrected chi connectivity index (χ4v) is 9.85. The van der Waals surface area contributed by atoms with Crippen molar-refractivity contribution >= 4 is 33.7 Å². The summed E-state index contributed by atoms with van der Waals surface area (Å²) < 4.78 is 113. The van der Waals surface area contributed by atoms with Crippen LogP contribution in [0, 0.1) is 34.3 Å². The van der Waals surface area contributed by atoms with E-state index < -0.39 is 57.8 Å². The molecule has 6 aromatic rings. The normalized spacial score (nSPS) is 18.9. The minimum atomic E-state index is -4.89. The van der Waals surface area contributed by atoms with Gasteiger partial charge < -0.3 is 25.0 Å². The minimum Gasteiger partial charge on any atom is -0.481 e. The Hall–Kier alpha value is -6.97. The summed E-state index contributed by atoms with van der Waals surface area (Å²) in [5.74, 6) is -4.01. The molecule has 4 aromatic heterocycles. The van der Waals surface area contributed by atoms with Gasteiger partial charge >= 0.3 is 6.18 Å². The number of aromatic nitrogens is 6. The van der Waals surface area contributed by atoms with Crippen molar-refractivity contribution in [2.45, 2.75) is 113 Å². The molecular weight excluding hydrogens is 970 g/mol. The molecule has 2 aromatic carbocycles. The van der Waals surface area contributed by atoms with Crippen molar-refractivity contribution in [2.75, 3.05) is 57.1 Å². The minimum absolute atomic E-state index is 0.0111. The molecule has 2 aliphatic heterocycles. The lowest BCUT2D eigenvalue weighted by molar-refractivity contribution is -0.140. The molecule has 3 atom stereocenters. The number of hydrogen-bond donors (Lipinski definition) is 2. The summed E-state index contributed by atoms with van der Waals surface area (Å²) in [7, 11) is 1.47. The maximum absolute atomic E-state index is 15.7. The molecule has 0 spiro atoms. The van der Waals surface area contributed by atoms with Gasteiger partial charge in [-0.2, -0.15) is 33.7 Å². The number of benzene rings is 2. The zero-order chi connectivity index (χ0) is 52.3. The van der Waals surface area contributed by atoms with Gasteiger partial charge in [-0.25, -0.2) is 37.5 Å². The van der Waals surface area contributed by atoms with Gasteiger partial charge in [0.25, 0.3) is 5.92 Å². The molecule has 4 aliphatic rings. The highest BCUT2D eigenvalue weighted by molar-refractivity contribution is 5.89. The van der Waals surface area contributed by atoms with Crippen molar-refractivity contribution < 1.29 is 40.2 Å². The van der Waals surface area contributed by atoms with Gasteiger partial charge in [-0.05, 0) is 83.7 Å². The van der Waals surface area contributed by atoms with Gasteiger partial charge in [0.15, 0.2) is 11.3 Å². The number of alkyl halides is 5. The molecule has 21 heteroatoms. The van der Waals surface area contributed by atoms with Gasteiger partial charge in [-0.15, -0.1) is 0 Å². The molecule has 74 heavy (non-hydrogen) atoms. The fraction of sp³-hybridized carbons (Fsp3) is 0.472. The van der Waals surface area contributed by atoms with Gasteiger partial charge in [-0.1, -0.05) is 30.3 Å². The quantitative estimate of drug-likeness (QED) is 0.0734.